The van der Waals surface area contributed by atoms with Gasteiger partial charge in [0, 0.05) is 17.2 Å². The van der Waals surface area contributed by atoms with E-state index in [0.717, 1.165) is 0 Å². The normalized spacial score (nSPS) is 19.4. The summed E-state index contributed by atoms with van der Waals surface area (Å²) in [6, 6.07) is 0. The van der Waals surface area contributed by atoms with Crippen LogP contribution in [0.25, 0.3) is 0 Å². The molecule has 1 aliphatic heterocycles. The van der Waals surface area contributed by atoms with Crippen molar-refractivity contribution in [2.75, 3.05) is 6.61 Å². The van der Waals surface area contributed by atoms with Gasteiger partial charge in [0.2, 0.25) is 0 Å². The highest BCUT2D eigenvalue weighted by molar-refractivity contribution is 6.48. The number of carboxylic acid groups (broad SMARTS) is 1. The quantitative estimate of drug-likeness (QED) is 0.594. The van der Waals surface area contributed by atoms with Gasteiger partial charge in [0.15, 0.2) is 0 Å². The average molecular weight is 365 g/mol. The summed E-state index contributed by atoms with van der Waals surface area (Å²) in [5.41, 5.74) is 0.845. The predicted octanol–water partition coefficient (Wildman–Crippen LogP) is 3.00. The molecule has 0 aromatic carbocycles. The molecule has 1 atom stereocenters. The number of esters is 1. The van der Waals surface area contributed by atoms with Gasteiger partial charge in [-0.05, 0) is 54.0 Å². The van der Waals surface area contributed by atoms with Gasteiger partial charge in [0.25, 0.3) is 0 Å². The van der Waals surface area contributed by atoms with Crippen LogP contribution in [0.3, 0.4) is 0 Å². The van der Waals surface area contributed by atoms with Crippen molar-refractivity contribution in [1.29, 1.82) is 0 Å². The third-order valence-electron chi connectivity index (χ3n) is 5.35. The maximum absolute atomic E-state index is 12.2. The zero-order valence-corrected chi connectivity index (χ0v) is 16.6. The molecule has 0 saturated carbocycles. The fraction of sp³-hybridized carbons (Fsp3) is 0.667. The van der Waals surface area contributed by atoms with Gasteiger partial charge in [-0.2, -0.15) is 0 Å². The molecule has 1 aliphatic rings. The zero-order chi connectivity index (χ0) is 19.9. The maximum Gasteiger partial charge on any atom is 0.467 e. The molecule has 0 amide bonds. The molecule has 0 spiro atoms. The Labute approximate surface area is 154 Å². The number of aryl methyl sites for hydroxylation is 1. The highest BCUT2D eigenvalue weighted by atomic mass is 16.7. The summed E-state index contributed by atoms with van der Waals surface area (Å²) in [6.07, 6.45) is 0.0323. The number of carbonyl (C=O) groups is 2. The van der Waals surface area contributed by atoms with Crippen LogP contribution >= 0.6 is 0 Å². The Balaban J connectivity index is 2.45. The second-order valence-corrected chi connectivity index (χ2v) is 7.71. The van der Waals surface area contributed by atoms with Gasteiger partial charge in [-0.25, -0.2) is 4.79 Å². The van der Waals surface area contributed by atoms with Gasteiger partial charge in [-0.15, -0.1) is 0 Å². The van der Waals surface area contributed by atoms with Gasteiger partial charge >= 0.3 is 19.1 Å². The Morgan fingerprint density at radius 1 is 1.19 bits per heavy atom. The number of ether oxygens (including phenoxy) is 1. The highest BCUT2D eigenvalue weighted by Gasteiger charge is 2.55. The molecule has 7 nitrogen and oxygen atoms in total. The van der Waals surface area contributed by atoms with E-state index < -0.39 is 30.1 Å². The predicted molar refractivity (Wildman–Crippen MR) is 97.3 cm³/mol. The summed E-state index contributed by atoms with van der Waals surface area (Å²) in [7, 11) is -0.692. The smallest absolute Gasteiger partial charge is 0.467 e. The summed E-state index contributed by atoms with van der Waals surface area (Å²) in [5.74, 6) is -1.89. The van der Waals surface area contributed by atoms with E-state index in [0.29, 0.717) is 17.0 Å². The number of hydrogen-bond acceptors (Lipinski definition) is 5. The van der Waals surface area contributed by atoms with E-state index in [1.165, 1.54) is 0 Å². The minimum Gasteiger partial charge on any atom is -0.478 e. The maximum atomic E-state index is 12.2. The van der Waals surface area contributed by atoms with Gasteiger partial charge < -0.3 is 24.1 Å². The van der Waals surface area contributed by atoms with E-state index in [2.05, 4.69) is 4.98 Å². The first-order chi connectivity index (χ1) is 11.9. The summed E-state index contributed by atoms with van der Waals surface area (Å²) < 4.78 is 17.4. The van der Waals surface area contributed by atoms with Gasteiger partial charge in [-0.3, -0.25) is 4.79 Å². The number of aromatic nitrogens is 1. The van der Waals surface area contributed by atoms with E-state index in [-0.39, 0.29) is 24.6 Å². The summed E-state index contributed by atoms with van der Waals surface area (Å²) in [4.78, 5) is 26.9. The molecule has 1 unspecified atom stereocenters. The number of nitrogens with one attached hydrogen (secondary N) is 1. The molecular weight excluding hydrogens is 337 g/mol. The van der Waals surface area contributed by atoms with Crippen molar-refractivity contribution in [1.82, 2.24) is 4.98 Å². The van der Waals surface area contributed by atoms with Crippen molar-refractivity contribution in [2.24, 2.45) is 0 Å². The van der Waals surface area contributed by atoms with Crippen LogP contribution in [0.2, 0.25) is 0 Å². The molecule has 0 radical (unpaired) electrons. The number of aromatic amines is 1. The Bertz CT molecular complexity index is 693. The van der Waals surface area contributed by atoms with E-state index >= 15 is 0 Å². The van der Waals surface area contributed by atoms with E-state index in [4.69, 9.17) is 14.0 Å². The van der Waals surface area contributed by atoms with Crippen molar-refractivity contribution < 1.29 is 28.7 Å². The molecule has 144 valence electrons. The van der Waals surface area contributed by atoms with Crippen LogP contribution < -0.4 is 0 Å². The first kappa shape index (κ1) is 20.5. The fourth-order valence-corrected chi connectivity index (χ4v) is 3.25. The van der Waals surface area contributed by atoms with Crippen molar-refractivity contribution in [3.05, 3.63) is 22.5 Å². The lowest BCUT2D eigenvalue weighted by molar-refractivity contribution is -0.143. The molecule has 26 heavy (non-hydrogen) atoms. The van der Waals surface area contributed by atoms with Crippen LogP contribution in [0.15, 0.2) is 0 Å². The van der Waals surface area contributed by atoms with Crippen molar-refractivity contribution in [3.8, 4) is 0 Å². The molecule has 8 heteroatoms. The van der Waals surface area contributed by atoms with E-state index in [9.17, 15) is 14.7 Å². The molecule has 1 fully saturated rings. The molecular formula is C18H28BNO6. The average Bonchev–Trinajstić information content (AvgIpc) is 2.89. The Hall–Kier alpha value is -1.80. The Morgan fingerprint density at radius 3 is 2.15 bits per heavy atom. The minimum absolute atomic E-state index is 0.0323. The monoisotopic (exact) mass is 365 g/mol. The molecule has 1 aromatic heterocycles. The number of aromatic carboxylic acids is 1. The van der Waals surface area contributed by atoms with Gasteiger partial charge in [0.05, 0.1) is 29.8 Å². The van der Waals surface area contributed by atoms with E-state index in [1.807, 2.05) is 27.7 Å². The van der Waals surface area contributed by atoms with Crippen LogP contribution in [0, 0.1) is 13.8 Å². The van der Waals surface area contributed by atoms with Crippen LogP contribution in [0.4, 0.5) is 0 Å². The van der Waals surface area contributed by atoms with Gasteiger partial charge in [0.1, 0.15) is 0 Å². The number of H-pyrrole nitrogens is 1. The number of carbonyl (C=O) groups excluding carboxylic acids is 1. The number of rotatable bonds is 6. The van der Waals surface area contributed by atoms with E-state index in [1.54, 1.807) is 20.8 Å². The topological polar surface area (TPSA) is 97.9 Å². The SMILES string of the molecule is CCOC(=O)CC(B1OC(C)(C)C(C)(C)O1)c1[nH]c(C)c(C(=O)O)c1C. The molecule has 2 rings (SSSR count). The summed E-state index contributed by atoms with van der Waals surface area (Å²) >= 11 is 0. The fourth-order valence-electron chi connectivity index (χ4n) is 3.25. The lowest BCUT2D eigenvalue weighted by Crippen LogP contribution is -2.41. The number of hydrogen-bond donors (Lipinski definition) is 2. The van der Waals surface area contributed by atoms with Gasteiger partial charge in [-0.1, -0.05) is 0 Å². The van der Waals surface area contributed by atoms with Crippen LogP contribution in [0.1, 0.15) is 74.2 Å². The molecule has 1 saturated heterocycles. The summed E-state index contributed by atoms with van der Waals surface area (Å²) in [5, 5.41) is 9.47. The Morgan fingerprint density at radius 2 is 1.73 bits per heavy atom. The number of carboxylic acids is 1. The third-order valence-corrected chi connectivity index (χ3v) is 5.35. The molecule has 1 aromatic rings. The van der Waals surface area contributed by atoms with Crippen molar-refractivity contribution in [3.63, 3.8) is 0 Å². The first-order valence-corrected chi connectivity index (χ1v) is 8.85. The second kappa shape index (κ2) is 7.08. The Kier molecular flexibility index (Phi) is 5.59. The largest absolute Gasteiger partial charge is 0.478 e. The lowest BCUT2D eigenvalue weighted by Gasteiger charge is -2.32. The van der Waals surface area contributed by atoms with Crippen molar-refractivity contribution in [2.45, 2.75) is 71.9 Å². The van der Waals surface area contributed by atoms with Crippen LogP contribution in [-0.4, -0.2) is 47.0 Å². The van der Waals surface area contributed by atoms with Crippen LogP contribution in [-0.2, 0) is 18.8 Å². The van der Waals surface area contributed by atoms with Crippen LogP contribution in [0.5, 0.6) is 0 Å². The first-order valence-electron chi connectivity index (χ1n) is 8.85. The lowest BCUT2D eigenvalue weighted by atomic mass is 9.67. The molecule has 0 bridgehead atoms. The highest BCUT2D eigenvalue weighted by Crippen LogP contribution is 2.42. The molecule has 0 aliphatic carbocycles. The standard InChI is InChI=1S/C18H28BNO6/c1-8-24-13(21)9-12(19-25-17(4,5)18(6,7)26-19)15-10(2)14(16(22)23)11(3)20-15/h12,20H,8-9H2,1-7H3,(H,22,23). The second-order valence-electron chi connectivity index (χ2n) is 7.71. The third kappa shape index (κ3) is 3.66. The minimum atomic E-state index is -1.01. The van der Waals surface area contributed by atoms with Crippen molar-refractivity contribution >= 4 is 19.1 Å². The summed E-state index contributed by atoms with van der Waals surface area (Å²) in [6.45, 7) is 13.2. The molecule has 2 N–H and O–H groups in total. The zero-order valence-electron chi connectivity index (χ0n) is 16.6. The molecule has 2 heterocycles.